The lowest BCUT2D eigenvalue weighted by molar-refractivity contribution is -0.121. The molecule has 0 bridgehead atoms. The minimum absolute atomic E-state index is 0.0706. The Morgan fingerprint density at radius 1 is 1.18 bits per heavy atom. The number of amides is 1. The SMILES string of the molecule is O=C(Cc1ccc(OC(F)F)cc1)NCC1(c2cccc(Cl)c2)CCOCC1. The second-order valence-corrected chi connectivity index (χ2v) is 7.32. The fourth-order valence-corrected chi connectivity index (χ4v) is 3.64. The molecule has 0 radical (unpaired) electrons. The zero-order chi connectivity index (χ0) is 20.0. The van der Waals surface area contributed by atoms with Crippen LogP contribution in [0.1, 0.15) is 24.0 Å². The van der Waals surface area contributed by atoms with Gasteiger partial charge in [0.15, 0.2) is 0 Å². The summed E-state index contributed by atoms with van der Waals surface area (Å²) in [6.45, 7) is -1.11. The van der Waals surface area contributed by atoms with Gasteiger partial charge in [0.2, 0.25) is 5.91 Å². The maximum absolute atomic E-state index is 12.4. The van der Waals surface area contributed by atoms with E-state index >= 15 is 0 Å². The van der Waals surface area contributed by atoms with Crippen LogP contribution in [0, 0.1) is 0 Å². The van der Waals surface area contributed by atoms with E-state index in [9.17, 15) is 13.6 Å². The van der Waals surface area contributed by atoms with Crippen molar-refractivity contribution in [3.8, 4) is 5.75 Å². The molecule has 1 fully saturated rings. The van der Waals surface area contributed by atoms with Gasteiger partial charge in [0.1, 0.15) is 5.75 Å². The number of ether oxygens (including phenoxy) is 2. The van der Waals surface area contributed by atoms with Gasteiger partial charge in [-0.05, 0) is 48.2 Å². The summed E-state index contributed by atoms with van der Waals surface area (Å²) >= 11 is 6.16. The van der Waals surface area contributed by atoms with Gasteiger partial charge in [-0.2, -0.15) is 8.78 Å². The van der Waals surface area contributed by atoms with Crippen LogP contribution in [0.5, 0.6) is 5.75 Å². The Hall–Kier alpha value is -2.18. The summed E-state index contributed by atoms with van der Waals surface area (Å²) in [7, 11) is 0. The van der Waals surface area contributed by atoms with Gasteiger partial charge in [0.25, 0.3) is 0 Å². The molecule has 1 heterocycles. The third-order valence-corrected chi connectivity index (χ3v) is 5.26. The molecular formula is C21H22ClF2NO3. The van der Waals surface area contributed by atoms with Crippen LogP contribution in [-0.2, 0) is 21.4 Å². The minimum Gasteiger partial charge on any atom is -0.435 e. The molecule has 0 atom stereocenters. The molecule has 0 saturated carbocycles. The number of nitrogens with one attached hydrogen (secondary N) is 1. The van der Waals surface area contributed by atoms with Gasteiger partial charge >= 0.3 is 6.61 Å². The predicted molar refractivity (Wildman–Crippen MR) is 103 cm³/mol. The molecule has 2 aromatic carbocycles. The fourth-order valence-electron chi connectivity index (χ4n) is 3.45. The monoisotopic (exact) mass is 409 g/mol. The van der Waals surface area contributed by atoms with Crippen molar-refractivity contribution in [2.75, 3.05) is 19.8 Å². The normalized spacial score (nSPS) is 16.0. The Morgan fingerprint density at radius 3 is 2.54 bits per heavy atom. The van der Waals surface area contributed by atoms with Crippen molar-refractivity contribution in [1.82, 2.24) is 5.32 Å². The van der Waals surface area contributed by atoms with E-state index in [1.54, 1.807) is 12.1 Å². The number of hydrogen-bond donors (Lipinski definition) is 1. The largest absolute Gasteiger partial charge is 0.435 e. The molecule has 1 aliphatic heterocycles. The third kappa shape index (κ3) is 5.42. The van der Waals surface area contributed by atoms with Crippen molar-refractivity contribution < 1.29 is 23.0 Å². The van der Waals surface area contributed by atoms with Crippen molar-refractivity contribution in [1.29, 1.82) is 0 Å². The van der Waals surface area contributed by atoms with E-state index in [0.29, 0.717) is 24.8 Å². The van der Waals surface area contributed by atoms with E-state index in [1.165, 1.54) is 12.1 Å². The van der Waals surface area contributed by atoms with Crippen LogP contribution in [0.25, 0.3) is 0 Å². The first-order valence-corrected chi connectivity index (χ1v) is 9.49. The lowest BCUT2D eigenvalue weighted by Gasteiger charge is -2.38. The average molecular weight is 410 g/mol. The Kier molecular flexibility index (Phi) is 6.86. The molecule has 150 valence electrons. The quantitative estimate of drug-likeness (QED) is 0.739. The Labute approximate surface area is 167 Å². The van der Waals surface area contributed by atoms with Crippen LogP contribution in [-0.4, -0.2) is 32.3 Å². The highest BCUT2D eigenvalue weighted by Crippen LogP contribution is 2.35. The van der Waals surface area contributed by atoms with Crippen LogP contribution in [0.4, 0.5) is 8.78 Å². The highest BCUT2D eigenvalue weighted by molar-refractivity contribution is 6.30. The Morgan fingerprint density at radius 2 is 1.89 bits per heavy atom. The Bertz CT molecular complexity index is 792. The average Bonchev–Trinajstić information content (AvgIpc) is 2.68. The molecule has 1 amide bonds. The highest BCUT2D eigenvalue weighted by atomic mass is 35.5. The first-order valence-electron chi connectivity index (χ1n) is 9.11. The van der Waals surface area contributed by atoms with Crippen LogP contribution in [0.15, 0.2) is 48.5 Å². The van der Waals surface area contributed by atoms with E-state index in [-0.39, 0.29) is 23.5 Å². The van der Waals surface area contributed by atoms with E-state index in [1.807, 2.05) is 24.3 Å². The molecule has 7 heteroatoms. The molecule has 1 saturated heterocycles. The van der Waals surface area contributed by atoms with Gasteiger partial charge in [0, 0.05) is 30.2 Å². The van der Waals surface area contributed by atoms with Crippen molar-refractivity contribution in [2.45, 2.75) is 31.3 Å². The van der Waals surface area contributed by atoms with Gasteiger partial charge < -0.3 is 14.8 Å². The molecule has 0 spiro atoms. The van der Waals surface area contributed by atoms with Crippen LogP contribution >= 0.6 is 11.6 Å². The first kappa shape index (κ1) is 20.6. The van der Waals surface area contributed by atoms with Crippen molar-refractivity contribution >= 4 is 17.5 Å². The molecule has 28 heavy (non-hydrogen) atoms. The Balaban J connectivity index is 1.62. The number of hydrogen-bond acceptors (Lipinski definition) is 3. The van der Waals surface area contributed by atoms with E-state index < -0.39 is 6.61 Å². The summed E-state index contributed by atoms with van der Waals surface area (Å²) in [6, 6.07) is 13.8. The lowest BCUT2D eigenvalue weighted by atomic mass is 9.74. The number of carbonyl (C=O) groups is 1. The summed E-state index contributed by atoms with van der Waals surface area (Å²) in [5.74, 6) is -0.0586. The molecule has 0 unspecified atom stereocenters. The summed E-state index contributed by atoms with van der Waals surface area (Å²) in [5, 5.41) is 3.69. The first-order chi connectivity index (χ1) is 13.5. The molecule has 2 aromatic rings. The van der Waals surface area contributed by atoms with Gasteiger partial charge in [-0.3, -0.25) is 4.79 Å². The van der Waals surface area contributed by atoms with E-state index in [0.717, 1.165) is 24.0 Å². The number of benzene rings is 2. The number of halogens is 3. The van der Waals surface area contributed by atoms with Crippen molar-refractivity contribution in [3.63, 3.8) is 0 Å². The van der Waals surface area contributed by atoms with Crippen molar-refractivity contribution in [3.05, 3.63) is 64.7 Å². The topological polar surface area (TPSA) is 47.6 Å². The summed E-state index contributed by atoms with van der Waals surface area (Å²) in [6.07, 6.45) is 1.76. The van der Waals surface area contributed by atoms with Crippen LogP contribution in [0.3, 0.4) is 0 Å². The second kappa shape index (κ2) is 9.34. The van der Waals surface area contributed by atoms with Gasteiger partial charge in [-0.1, -0.05) is 35.9 Å². The zero-order valence-corrected chi connectivity index (χ0v) is 16.1. The maximum atomic E-state index is 12.4. The molecule has 4 nitrogen and oxygen atoms in total. The molecule has 3 rings (SSSR count). The minimum atomic E-state index is -2.86. The lowest BCUT2D eigenvalue weighted by Crippen LogP contribution is -2.45. The smallest absolute Gasteiger partial charge is 0.387 e. The van der Waals surface area contributed by atoms with Gasteiger partial charge in [0.05, 0.1) is 6.42 Å². The van der Waals surface area contributed by atoms with Gasteiger partial charge in [-0.15, -0.1) is 0 Å². The summed E-state index contributed by atoms with van der Waals surface area (Å²) in [5.41, 5.74) is 1.60. The standard InChI is InChI=1S/C21H22ClF2NO3/c22-17-3-1-2-16(13-17)21(8-10-27-11-9-21)14-25-19(26)12-15-4-6-18(7-5-15)28-20(23)24/h1-7,13,20H,8-12,14H2,(H,25,26). The van der Waals surface area contributed by atoms with Crippen LogP contribution in [0.2, 0.25) is 5.02 Å². The number of carbonyl (C=O) groups excluding carboxylic acids is 1. The van der Waals surface area contributed by atoms with Crippen molar-refractivity contribution in [2.24, 2.45) is 0 Å². The highest BCUT2D eigenvalue weighted by Gasteiger charge is 2.35. The van der Waals surface area contributed by atoms with Gasteiger partial charge in [-0.25, -0.2) is 0 Å². The second-order valence-electron chi connectivity index (χ2n) is 6.88. The molecular weight excluding hydrogens is 388 g/mol. The summed E-state index contributed by atoms with van der Waals surface area (Å²) < 4.78 is 34.2. The molecule has 1 N–H and O–H groups in total. The zero-order valence-electron chi connectivity index (χ0n) is 15.3. The van der Waals surface area contributed by atoms with E-state index in [2.05, 4.69) is 10.1 Å². The fraction of sp³-hybridized carbons (Fsp3) is 0.381. The number of alkyl halides is 2. The number of rotatable bonds is 7. The predicted octanol–water partition coefficient (Wildman–Crippen LogP) is 4.35. The molecule has 0 aliphatic carbocycles. The van der Waals surface area contributed by atoms with E-state index in [4.69, 9.17) is 16.3 Å². The maximum Gasteiger partial charge on any atom is 0.387 e. The molecule has 0 aromatic heterocycles. The third-order valence-electron chi connectivity index (χ3n) is 5.02. The van der Waals surface area contributed by atoms with Crippen LogP contribution < -0.4 is 10.1 Å². The molecule has 1 aliphatic rings. The summed E-state index contributed by atoms with van der Waals surface area (Å²) in [4.78, 5) is 12.4.